The minimum Gasteiger partial charge on any atom is -0.481 e. The van der Waals surface area contributed by atoms with Gasteiger partial charge in [-0.25, -0.2) is 0 Å². The van der Waals surface area contributed by atoms with Crippen LogP contribution >= 0.6 is 0 Å². The molecular formula is C14H24N2O4. The molecular weight excluding hydrogens is 260 g/mol. The Balaban J connectivity index is 3.01. The predicted octanol–water partition coefficient (Wildman–Crippen LogP) is 2.63. The Hall–Kier alpha value is -1.43. The van der Waals surface area contributed by atoms with Gasteiger partial charge in [0.25, 0.3) is 0 Å². The van der Waals surface area contributed by atoms with Gasteiger partial charge in [0.1, 0.15) is 5.60 Å². The molecule has 1 aromatic heterocycles. The van der Waals surface area contributed by atoms with E-state index in [1.165, 1.54) is 0 Å². The number of rotatable bonds is 7. The van der Waals surface area contributed by atoms with E-state index in [4.69, 9.17) is 9.26 Å². The molecule has 0 fully saturated rings. The van der Waals surface area contributed by atoms with Crippen LogP contribution in [0, 0.1) is 11.3 Å². The summed E-state index contributed by atoms with van der Waals surface area (Å²) in [4.78, 5) is 15.8. The lowest BCUT2D eigenvalue weighted by Crippen LogP contribution is -2.35. The number of carboxylic acid groups (broad SMARTS) is 1. The predicted molar refractivity (Wildman–Crippen MR) is 73.2 cm³/mol. The first-order chi connectivity index (χ1) is 9.19. The van der Waals surface area contributed by atoms with Crippen molar-refractivity contribution < 1.29 is 19.2 Å². The summed E-state index contributed by atoms with van der Waals surface area (Å²) in [6, 6.07) is 0. The van der Waals surface area contributed by atoms with Crippen molar-refractivity contribution in [3.63, 3.8) is 0 Å². The maximum Gasteiger partial charge on any atom is 0.310 e. The van der Waals surface area contributed by atoms with Gasteiger partial charge in [0.2, 0.25) is 11.7 Å². The molecule has 0 saturated heterocycles. The summed E-state index contributed by atoms with van der Waals surface area (Å²) in [5.74, 6) is -0.128. The van der Waals surface area contributed by atoms with E-state index in [1.54, 1.807) is 14.0 Å². The standard InChI is InChI=1S/C14H24N2O4/c1-7-14(5,19-6)11-15-10(20-16-11)8-13(4,9(2)3)12(17)18/h9H,7-8H2,1-6H3,(H,17,18). The fourth-order valence-corrected chi connectivity index (χ4v) is 1.78. The molecule has 6 heteroatoms. The fraction of sp³-hybridized carbons (Fsp3) is 0.786. The number of ether oxygens (including phenoxy) is 1. The summed E-state index contributed by atoms with van der Waals surface area (Å²) in [5, 5.41) is 13.3. The van der Waals surface area contributed by atoms with Crippen molar-refractivity contribution in [1.29, 1.82) is 0 Å². The molecule has 0 amide bonds. The van der Waals surface area contributed by atoms with Crippen LogP contribution in [0.3, 0.4) is 0 Å². The summed E-state index contributed by atoms with van der Waals surface area (Å²) in [5.41, 5.74) is -1.54. The molecule has 2 unspecified atom stereocenters. The number of hydrogen-bond acceptors (Lipinski definition) is 5. The van der Waals surface area contributed by atoms with Crippen molar-refractivity contribution in [3.05, 3.63) is 11.7 Å². The molecule has 0 spiro atoms. The van der Waals surface area contributed by atoms with Crippen LogP contribution in [0.25, 0.3) is 0 Å². The monoisotopic (exact) mass is 284 g/mol. The highest BCUT2D eigenvalue weighted by molar-refractivity contribution is 5.74. The van der Waals surface area contributed by atoms with Crippen LogP contribution in [0.15, 0.2) is 4.52 Å². The smallest absolute Gasteiger partial charge is 0.310 e. The largest absolute Gasteiger partial charge is 0.481 e. The molecule has 6 nitrogen and oxygen atoms in total. The van der Waals surface area contributed by atoms with Gasteiger partial charge in [0.15, 0.2) is 0 Å². The fourth-order valence-electron chi connectivity index (χ4n) is 1.78. The van der Waals surface area contributed by atoms with Crippen LogP contribution in [0.2, 0.25) is 0 Å². The van der Waals surface area contributed by atoms with E-state index in [1.807, 2.05) is 27.7 Å². The number of aromatic nitrogens is 2. The normalized spacial score (nSPS) is 17.8. The molecule has 20 heavy (non-hydrogen) atoms. The van der Waals surface area contributed by atoms with Crippen LogP contribution in [0.1, 0.15) is 52.8 Å². The number of carbonyl (C=O) groups is 1. The van der Waals surface area contributed by atoms with Crippen LogP contribution < -0.4 is 0 Å². The molecule has 0 saturated carbocycles. The first kappa shape index (κ1) is 16.6. The van der Waals surface area contributed by atoms with E-state index in [-0.39, 0.29) is 12.3 Å². The van der Waals surface area contributed by atoms with E-state index in [0.29, 0.717) is 18.1 Å². The lowest BCUT2D eigenvalue weighted by atomic mass is 9.76. The Kier molecular flexibility index (Phi) is 4.91. The first-order valence-electron chi connectivity index (χ1n) is 6.81. The van der Waals surface area contributed by atoms with Crippen molar-refractivity contribution in [2.45, 2.75) is 53.1 Å². The van der Waals surface area contributed by atoms with Gasteiger partial charge in [-0.3, -0.25) is 4.79 Å². The molecule has 0 aliphatic rings. The molecule has 2 atom stereocenters. The van der Waals surface area contributed by atoms with E-state index in [9.17, 15) is 9.90 Å². The highest BCUT2D eigenvalue weighted by atomic mass is 16.5. The van der Waals surface area contributed by atoms with Gasteiger partial charge in [-0.15, -0.1) is 0 Å². The molecule has 0 aromatic carbocycles. The van der Waals surface area contributed by atoms with Crippen LogP contribution in [-0.2, 0) is 21.6 Å². The van der Waals surface area contributed by atoms with E-state index >= 15 is 0 Å². The van der Waals surface area contributed by atoms with Gasteiger partial charge in [0.05, 0.1) is 5.41 Å². The van der Waals surface area contributed by atoms with E-state index < -0.39 is 17.0 Å². The van der Waals surface area contributed by atoms with E-state index in [0.717, 1.165) is 0 Å². The zero-order valence-electron chi connectivity index (χ0n) is 13.1. The summed E-state index contributed by atoms with van der Waals surface area (Å²) in [7, 11) is 1.59. The van der Waals surface area contributed by atoms with Gasteiger partial charge in [-0.05, 0) is 26.2 Å². The molecule has 1 rings (SSSR count). The second kappa shape index (κ2) is 5.91. The quantitative estimate of drug-likeness (QED) is 0.828. The van der Waals surface area contributed by atoms with Crippen molar-refractivity contribution in [3.8, 4) is 0 Å². The summed E-state index contributed by atoms with van der Waals surface area (Å²) in [6.07, 6.45) is 0.902. The molecule has 1 aromatic rings. The van der Waals surface area contributed by atoms with Gasteiger partial charge in [0, 0.05) is 13.5 Å². The SMILES string of the molecule is CCC(C)(OC)c1noc(CC(C)(C(=O)O)C(C)C)n1. The molecule has 114 valence electrons. The lowest BCUT2D eigenvalue weighted by molar-refractivity contribution is -0.150. The van der Waals surface area contributed by atoms with E-state index in [2.05, 4.69) is 10.1 Å². The average Bonchev–Trinajstić information content (AvgIpc) is 2.86. The minimum atomic E-state index is -0.931. The number of hydrogen-bond donors (Lipinski definition) is 1. The van der Waals surface area contributed by atoms with Crippen molar-refractivity contribution in [2.24, 2.45) is 11.3 Å². The van der Waals surface area contributed by atoms with Crippen LogP contribution in [0.4, 0.5) is 0 Å². The topological polar surface area (TPSA) is 85.5 Å². The van der Waals surface area contributed by atoms with Gasteiger partial charge < -0.3 is 14.4 Å². The zero-order valence-corrected chi connectivity index (χ0v) is 13.1. The Bertz CT molecular complexity index is 465. The summed E-state index contributed by atoms with van der Waals surface area (Å²) < 4.78 is 10.6. The highest BCUT2D eigenvalue weighted by Gasteiger charge is 2.39. The number of carboxylic acids is 1. The Morgan fingerprint density at radius 3 is 2.45 bits per heavy atom. The van der Waals surface area contributed by atoms with Gasteiger partial charge in [-0.1, -0.05) is 25.9 Å². The third kappa shape index (κ3) is 3.00. The summed E-state index contributed by atoms with van der Waals surface area (Å²) in [6.45, 7) is 9.28. The van der Waals surface area contributed by atoms with Crippen molar-refractivity contribution in [2.75, 3.05) is 7.11 Å². The summed E-state index contributed by atoms with van der Waals surface area (Å²) >= 11 is 0. The second-order valence-corrected chi connectivity index (χ2v) is 5.85. The maximum absolute atomic E-state index is 11.5. The van der Waals surface area contributed by atoms with Gasteiger partial charge in [-0.2, -0.15) is 4.98 Å². The number of nitrogens with zero attached hydrogens (tertiary/aromatic N) is 2. The molecule has 0 radical (unpaired) electrons. The molecule has 0 aliphatic carbocycles. The maximum atomic E-state index is 11.5. The minimum absolute atomic E-state index is 0.0460. The van der Waals surface area contributed by atoms with Gasteiger partial charge >= 0.3 is 5.97 Å². The molecule has 1 heterocycles. The number of methoxy groups -OCH3 is 1. The average molecular weight is 284 g/mol. The lowest BCUT2D eigenvalue weighted by Gasteiger charge is -2.27. The molecule has 0 aliphatic heterocycles. The third-order valence-electron chi connectivity index (χ3n) is 4.35. The van der Waals surface area contributed by atoms with Crippen molar-refractivity contribution in [1.82, 2.24) is 10.1 Å². The third-order valence-corrected chi connectivity index (χ3v) is 4.35. The Morgan fingerprint density at radius 1 is 1.45 bits per heavy atom. The van der Waals surface area contributed by atoms with Crippen LogP contribution in [-0.4, -0.2) is 28.3 Å². The van der Waals surface area contributed by atoms with Crippen LogP contribution in [0.5, 0.6) is 0 Å². The number of aliphatic carboxylic acids is 1. The Morgan fingerprint density at radius 2 is 2.05 bits per heavy atom. The Labute approximate surface area is 119 Å². The second-order valence-electron chi connectivity index (χ2n) is 5.85. The zero-order chi connectivity index (χ0) is 15.6. The first-order valence-corrected chi connectivity index (χ1v) is 6.81. The molecule has 0 bridgehead atoms. The highest BCUT2D eigenvalue weighted by Crippen LogP contribution is 2.32. The van der Waals surface area contributed by atoms with Crippen molar-refractivity contribution >= 4 is 5.97 Å². The molecule has 1 N–H and O–H groups in total.